The Morgan fingerprint density at radius 1 is 1.54 bits per heavy atom. The fourth-order valence-corrected chi connectivity index (χ4v) is 2.54. The maximum Gasteiger partial charge on any atom is 0.259 e. The third kappa shape index (κ3) is 3.36. The number of amides is 1. The van der Waals surface area contributed by atoms with E-state index in [9.17, 15) is 4.79 Å². The molecule has 1 aliphatic rings. The van der Waals surface area contributed by atoms with Crippen LogP contribution >= 0.6 is 0 Å². The minimum absolute atomic E-state index is 0.139. The van der Waals surface area contributed by atoms with E-state index >= 15 is 0 Å². The number of rotatable bonds is 5. The van der Waals surface area contributed by atoms with Crippen LogP contribution in [0.4, 0.5) is 0 Å². The van der Waals surface area contributed by atoms with Crippen molar-refractivity contribution in [3.8, 4) is 11.9 Å². The number of aromatic nitrogens is 2. The van der Waals surface area contributed by atoms with Gasteiger partial charge in [-0.2, -0.15) is 5.26 Å². The lowest BCUT2D eigenvalue weighted by Crippen LogP contribution is -2.31. The van der Waals surface area contributed by atoms with Crippen molar-refractivity contribution in [1.82, 2.24) is 15.0 Å². The zero-order valence-corrected chi connectivity index (χ0v) is 13.1. The number of ether oxygens (including phenoxy) is 2. The van der Waals surface area contributed by atoms with E-state index in [0.29, 0.717) is 42.2 Å². The van der Waals surface area contributed by atoms with Crippen LogP contribution in [0, 0.1) is 11.3 Å². The molecule has 8 heteroatoms. The summed E-state index contributed by atoms with van der Waals surface area (Å²) in [6.45, 7) is 1.26. The Morgan fingerprint density at radius 3 is 3.12 bits per heavy atom. The Labute approximate surface area is 138 Å². The number of likely N-dealkylation sites (tertiary alicyclic amines) is 1. The molecule has 1 aliphatic heterocycles. The van der Waals surface area contributed by atoms with Crippen molar-refractivity contribution in [2.45, 2.75) is 19.1 Å². The summed E-state index contributed by atoms with van der Waals surface area (Å²) >= 11 is 0. The monoisotopic (exact) mass is 328 g/mol. The average molecular weight is 328 g/mol. The topological polar surface area (TPSA) is 101 Å². The molecule has 3 heterocycles. The Kier molecular flexibility index (Phi) is 4.72. The van der Waals surface area contributed by atoms with Gasteiger partial charge in [0, 0.05) is 32.3 Å². The highest BCUT2D eigenvalue weighted by atomic mass is 16.5. The second kappa shape index (κ2) is 7.10. The van der Waals surface area contributed by atoms with Crippen molar-refractivity contribution in [3.63, 3.8) is 0 Å². The summed E-state index contributed by atoms with van der Waals surface area (Å²) in [6.07, 6.45) is 3.37. The summed E-state index contributed by atoms with van der Waals surface area (Å²) in [6, 6.07) is 5.30. The predicted octanol–water partition coefficient (Wildman–Crippen LogP) is 1.38. The van der Waals surface area contributed by atoms with Crippen LogP contribution in [-0.4, -0.2) is 47.3 Å². The Hall–Kier alpha value is -2.92. The lowest BCUT2D eigenvalue weighted by atomic mass is 10.2. The number of nitriles is 1. The van der Waals surface area contributed by atoms with E-state index in [-0.39, 0.29) is 18.6 Å². The van der Waals surface area contributed by atoms with Crippen LogP contribution < -0.4 is 4.74 Å². The molecule has 1 saturated heterocycles. The first-order valence-electron chi connectivity index (χ1n) is 7.45. The molecule has 0 bridgehead atoms. The van der Waals surface area contributed by atoms with Gasteiger partial charge in [0.1, 0.15) is 29.7 Å². The van der Waals surface area contributed by atoms with Gasteiger partial charge in [0.25, 0.3) is 5.91 Å². The van der Waals surface area contributed by atoms with Gasteiger partial charge in [0.05, 0.1) is 18.7 Å². The molecule has 1 fully saturated rings. The van der Waals surface area contributed by atoms with Crippen LogP contribution in [-0.2, 0) is 11.3 Å². The summed E-state index contributed by atoms with van der Waals surface area (Å²) in [5.41, 5.74) is 1.37. The standard InChI is InChI=1S/C16H16N4O4/c1-22-10-14-13(9-23-19-14)16(21)20-5-4-12(8-20)24-15-3-2-11(6-17)7-18-15/h2-3,7,9,12H,4-5,8,10H2,1H3. The maximum atomic E-state index is 12.5. The summed E-state index contributed by atoms with van der Waals surface area (Å²) in [5, 5.41) is 12.5. The maximum absolute atomic E-state index is 12.5. The summed E-state index contributed by atoms with van der Waals surface area (Å²) in [5.74, 6) is 0.292. The first kappa shape index (κ1) is 16.0. The summed E-state index contributed by atoms with van der Waals surface area (Å²) < 4.78 is 15.7. The van der Waals surface area contributed by atoms with Crippen molar-refractivity contribution in [2.24, 2.45) is 0 Å². The number of carbonyl (C=O) groups is 1. The number of carbonyl (C=O) groups excluding carboxylic acids is 1. The Morgan fingerprint density at radius 2 is 2.42 bits per heavy atom. The minimum atomic E-state index is -0.151. The van der Waals surface area contributed by atoms with Crippen molar-refractivity contribution in [2.75, 3.05) is 20.2 Å². The van der Waals surface area contributed by atoms with Gasteiger partial charge in [0.2, 0.25) is 5.88 Å². The highest BCUT2D eigenvalue weighted by molar-refractivity contribution is 5.95. The number of nitrogens with zero attached hydrogens (tertiary/aromatic N) is 4. The molecule has 1 unspecified atom stereocenters. The normalized spacial score (nSPS) is 16.8. The number of hydrogen-bond acceptors (Lipinski definition) is 7. The third-order valence-corrected chi connectivity index (χ3v) is 3.74. The first-order valence-corrected chi connectivity index (χ1v) is 7.45. The van der Waals surface area contributed by atoms with Gasteiger partial charge < -0.3 is 18.9 Å². The molecule has 0 radical (unpaired) electrons. The largest absolute Gasteiger partial charge is 0.472 e. The molecule has 3 rings (SSSR count). The molecular weight excluding hydrogens is 312 g/mol. The predicted molar refractivity (Wildman–Crippen MR) is 81.1 cm³/mol. The number of pyridine rings is 1. The molecule has 2 aromatic heterocycles. The van der Waals surface area contributed by atoms with E-state index in [2.05, 4.69) is 10.1 Å². The smallest absolute Gasteiger partial charge is 0.259 e. The zero-order chi connectivity index (χ0) is 16.9. The molecule has 0 N–H and O–H groups in total. The van der Waals surface area contributed by atoms with Gasteiger partial charge in [-0.3, -0.25) is 4.79 Å². The van der Waals surface area contributed by atoms with Crippen molar-refractivity contribution in [3.05, 3.63) is 41.4 Å². The molecule has 0 aliphatic carbocycles. The minimum Gasteiger partial charge on any atom is -0.472 e. The Bertz CT molecular complexity index is 750. The van der Waals surface area contributed by atoms with Crippen molar-refractivity contribution < 1.29 is 18.8 Å². The summed E-state index contributed by atoms with van der Waals surface area (Å²) in [4.78, 5) is 18.3. The van der Waals surface area contributed by atoms with Gasteiger partial charge in [-0.15, -0.1) is 0 Å². The van der Waals surface area contributed by atoms with Crippen LogP contribution in [0.3, 0.4) is 0 Å². The van der Waals surface area contributed by atoms with Crippen LogP contribution in [0.1, 0.15) is 28.0 Å². The van der Waals surface area contributed by atoms with Gasteiger partial charge in [0.15, 0.2) is 0 Å². The highest BCUT2D eigenvalue weighted by Crippen LogP contribution is 2.20. The molecule has 1 atom stereocenters. The SMILES string of the molecule is COCc1nocc1C(=O)N1CCC(Oc2ccc(C#N)cn2)C1. The van der Waals surface area contributed by atoms with E-state index in [1.807, 2.05) is 6.07 Å². The summed E-state index contributed by atoms with van der Waals surface area (Å²) in [7, 11) is 1.53. The van der Waals surface area contributed by atoms with E-state index in [1.165, 1.54) is 19.6 Å². The van der Waals surface area contributed by atoms with Crippen LogP contribution in [0.5, 0.6) is 5.88 Å². The van der Waals surface area contributed by atoms with E-state index in [1.54, 1.807) is 17.0 Å². The molecule has 0 saturated carbocycles. The zero-order valence-electron chi connectivity index (χ0n) is 13.1. The number of hydrogen-bond donors (Lipinski definition) is 0. The molecule has 0 spiro atoms. The van der Waals surface area contributed by atoms with Gasteiger partial charge in [-0.25, -0.2) is 4.98 Å². The first-order chi connectivity index (χ1) is 11.7. The van der Waals surface area contributed by atoms with Gasteiger partial charge in [-0.1, -0.05) is 5.16 Å². The highest BCUT2D eigenvalue weighted by Gasteiger charge is 2.30. The Balaban J connectivity index is 1.61. The average Bonchev–Trinajstić information content (AvgIpc) is 3.25. The van der Waals surface area contributed by atoms with Crippen LogP contribution in [0.2, 0.25) is 0 Å². The second-order valence-corrected chi connectivity index (χ2v) is 5.38. The molecule has 24 heavy (non-hydrogen) atoms. The van der Waals surface area contributed by atoms with Crippen molar-refractivity contribution >= 4 is 5.91 Å². The molecule has 8 nitrogen and oxygen atoms in total. The molecule has 124 valence electrons. The molecule has 1 amide bonds. The van der Waals surface area contributed by atoms with Gasteiger partial charge in [-0.05, 0) is 6.07 Å². The number of methoxy groups -OCH3 is 1. The second-order valence-electron chi connectivity index (χ2n) is 5.38. The lowest BCUT2D eigenvalue weighted by Gasteiger charge is -2.16. The van der Waals surface area contributed by atoms with E-state index < -0.39 is 0 Å². The lowest BCUT2D eigenvalue weighted by molar-refractivity contribution is 0.0766. The quantitative estimate of drug-likeness (QED) is 0.817. The van der Waals surface area contributed by atoms with Crippen molar-refractivity contribution in [1.29, 1.82) is 5.26 Å². The third-order valence-electron chi connectivity index (χ3n) is 3.74. The van der Waals surface area contributed by atoms with Crippen LogP contribution in [0.15, 0.2) is 29.1 Å². The van der Waals surface area contributed by atoms with E-state index in [4.69, 9.17) is 19.3 Å². The van der Waals surface area contributed by atoms with Crippen LogP contribution in [0.25, 0.3) is 0 Å². The molecule has 0 aromatic carbocycles. The fraction of sp³-hybridized carbons (Fsp3) is 0.375. The van der Waals surface area contributed by atoms with Gasteiger partial charge >= 0.3 is 0 Å². The molecular formula is C16H16N4O4. The molecule has 2 aromatic rings. The van der Waals surface area contributed by atoms with E-state index in [0.717, 1.165) is 0 Å². The fourth-order valence-electron chi connectivity index (χ4n) is 2.54.